The maximum atomic E-state index is 11.7. The van der Waals surface area contributed by atoms with Crippen molar-refractivity contribution < 1.29 is 17.9 Å². The molecule has 0 aliphatic heterocycles. The predicted molar refractivity (Wildman–Crippen MR) is 48.7 cm³/mol. The van der Waals surface area contributed by atoms with Gasteiger partial charge >= 0.3 is 6.18 Å². The number of hydrogen-bond donors (Lipinski definition) is 1. The number of nitrogens with zero attached hydrogens (tertiary/aromatic N) is 2. The molecule has 1 rings (SSSR count). The van der Waals surface area contributed by atoms with E-state index < -0.39 is 12.8 Å². The smallest absolute Gasteiger partial charge is 0.422 e. The summed E-state index contributed by atoms with van der Waals surface area (Å²) in [5.41, 5.74) is 5.66. The van der Waals surface area contributed by atoms with E-state index in [2.05, 4.69) is 14.7 Å². The first-order valence-corrected chi connectivity index (χ1v) is 3.72. The SMILES string of the molecule is Cl.NCc1cc(OCC(F)(F)F)ncn1. The predicted octanol–water partition coefficient (Wildman–Crippen LogP) is 1.30. The maximum absolute atomic E-state index is 11.7. The normalized spacial score (nSPS) is 10.7. The summed E-state index contributed by atoms with van der Waals surface area (Å²) in [4.78, 5) is 7.21. The molecule has 0 aliphatic carbocycles. The lowest BCUT2D eigenvalue weighted by molar-refractivity contribution is -0.154. The first kappa shape index (κ1) is 13.9. The van der Waals surface area contributed by atoms with Crippen molar-refractivity contribution in [2.75, 3.05) is 6.61 Å². The quantitative estimate of drug-likeness (QED) is 0.869. The standard InChI is InChI=1S/C7H8F3N3O.ClH/c8-7(9,10)3-14-6-1-5(2-11)12-4-13-6;/h1,4H,2-3,11H2;1H. The van der Waals surface area contributed by atoms with Gasteiger partial charge in [0.25, 0.3) is 0 Å². The van der Waals surface area contributed by atoms with Crippen LogP contribution in [0.15, 0.2) is 12.4 Å². The summed E-state index contributed by atoms with van der Waals surface area (Å²) in [6.07, 6.45) is -3.26. The highest BCUT2D eigenvalue weighted by Gasteiger charge is 2.28. The molecule has 15 heavy (non-hydrogen) atoms. The highest BCUT2D eigenvalue weighted by atomic mass is 35.5. The number of halogens is 4. The molecule has 0 amide bonds. The van der Waals surface area contributed by atoms with Crippen LogP contribution in [0.2, 0.25) is 0 Å². The lowest BCUT2D eigenvalue weighted by Gasteiger charge is -2.08. The van der Waals surface area contributed by atoms with Gasteiger partial charge in [0, 0.05) is 12.6 Å². The lowest BCUT2D eigenvalue weighted by atomic mass is 10.4. The fourth-order valence-electron chi connectivity index (χ4n) is 0.723. The van der Waals surface area contributed by atoms with Crippen LogP contribution in [0.1, 0.15) is 5.69 Å². The lowest BCUT2D eigenvalue weighted by Crippen LogP contribution is -2.19. The summed E-state index contributed by atoms with van der Waals surface area (Å²) in [5, 5.41) is 0. The van der Waals surface area contributed by atoms with E-state index in [0.717, 1.165) is 6.33 Å². The maximum Gasteiger partial charge on any atom is 0.422 e. The third kappa shape index (κ3) is 5.38. The molecule has 0 aromatic carbocycles. The van der Waals surface area contributed by atoms with Crippen molar-refractivity contribution in [3.63, 3.8) is 0 Å². The summed E-state index contributed by atoms with van der Waals surface area (Å²) in [6.45, 7) is -1.24. The van der Waals surface area contributed by atoms with Crippen LogP contribution in [0.3, 0.4) is 0 Å². The van der Waals surface area contributed by atoms with Gasteiger partial charge in [-0.2, -0.15) is 13.2 Å². The molecule has 0 bridgehead atoms. The molecule has 4 nitrogen and oxygen atoms in total. The molecule has 0 unspecified atom stereocenters. The van der Waals surface area contributed by atoms with Crippen molar-refractivity contribution in [2.45, 2.75) is 12.7 Å². The Kier molecular flexibility index (Phi) is 5.31. The second-order valence-corrected chi connectivity index (χ2v) is 2.46. The van der Waals surface area contributed by atoms with Crippen LogP contribution in [-0.4, -0.2) is 22.8 Å². The minimum absolute atomic E-state index is 0. The molecule has 2 N–H and O–H groups in total. The summed E-state index contributed by atoms with van der Waals surface area (Å²) in [6, 6.07) is 1.27. The Balaban J connectivity index is 0.00000196. The van der Waals surface area contributed by atoms with Crippen LogP contribution in [0.4, 0.5) is 13.2 Å². The van der Waals surface area contributed by atoms with E-state index in [1.165, 1.54) is 6.07 Å². The molecule has 1 heterocycles. The van der Waals surface area contributed by atoms with Gasteiger partial charge in [-0.1, -0.05) is 0 Å². The molecule has 1 aromatic heterocycles. The third-order valence-corrected chi connectivity index (χ3v) is 1.29. The van der Waals surface area contributed by atoms with Crippen molar-refractivity contribution in [3.8, 4) is 5.88 Å². The second kappa shape index (κ2) is 5.72. The van der Waals surface area contributed by atoms with Gasteiger partial charge in [0.1, 0.15) is 6.33 Å². The van der Waals surface area contributed by atoms with Crippen LogP contribution in [0.25, 0.3) is 0 Å². The Morgan fingerprint density at radius 3 is 2.53 bits per heavy atom. The molecule has 1 aromatic rings. The number of aromatic nitrogens is 2. The fraction of sp³-hybridized carbons (Fsp3) is 0.429. The Bertz CT molecular complexity index is 308. The van der Waals surface area contributed by atoms with E-state index in [1.54, 1.807) is 0 Å². The minimum Gasteiger partial charge on any atom is -0.468 e. The summed E-state index contributed by atoms with van der Waals surface area (Å²) in [7, 11) is 0. The molecule has 0 fully saturated rings. The van der Waals surface area contributed by atoms with Gasteiger partial charge in [0.15, 0.2) is 6.61 Å². The largest absolute Gasteiger partial charge is 0.468 e. The number of alkyl halides is 3. The zero-order chi connectivity index (χ0) is 10.6. The zero-order valence-corrected chi connectivity index (χ0v) is 8.31. The van der Waals surface area contributed by atoms with E-state index in [4.69, 9.17) is 5.73 Å². The monoisotopic (exact) mass is 243 g/mol. The Morgan fingerprint density at radius 2 is 2.00 bits per heavy atom. The second-order valence-electron chi connectivity index (χ2n) is 2.46. The van der Waals surface area contributed by atoms with Crippen molar-refractivity contribution in [1.82, 2.24) is 9.97 Å². The van der Waals surface area contributed by atoms with Crippen molar-refractivity contribution in [3.05, 3.63) is 18.1 Å². The Labute approximate surface area is 90.1 Å². The molecule has 0 saturated carbocycles. The van der Waals surface area contributed by atoms with E-state index in [1.807, 2.05) is 0 Å². The molecule has 0 atom stereocenters. The van der Waals surface area contributed by atoms with Crippen molar-refractivity contribution >= 4 is 12.4 Å². The van der Waals surface area contributed by atoms with Gasteiger partial charge < -0.3 is 10.5 Å². The molecule has 86 valence electrons. The molecular weight excluding hydrogens is 235 g/mol. The number of rotatable bonds is 3. The topological polar surface area (TPSA) is 61.0 Å². The van der Waals surface area contributed by atoms with Gasteiger partial charge in [0.2, 0.25) is 5.88 Å². The van der Waals surface area contributed by atoms with E-state index >= 15 is 0 Å². The minimum atomic E-state index is -4.37. The summed E-state index contributed by atoms with van der Waals surface area (Å²) >= 11 is 0. The van der Waals surface area contributed by atoms with Gasteiger partial charge in [-0.15, -0.1) is 12.4 Å². The summed E-state index contributed by atoms with van der Waals surface area (Å²) in [5.74, 6) is -0.127. The molecule has 0 aliphatic rings. The average molecular weight is 244 g/mol. The Morgan fingerprint density at radius 1 is 1.33 bits per heavy atom. The molecule has 0 spiro atoms. The van der Waals surface area contributed by atoms with Gasteiger partial charge in [-0.25, -0.2) is 9.97 Å². The number of ether oxygens (including phenoxy) is 1. The first-order chi connectivity index (χ1) is 6.51. The molecule has 0 saturated heterocycles. The van der Waals surface area contributed by atoms with E-state index in [0.29, 0.717) is 5.69 Å². The third-order valence-electron chi connectivity index (χ3n) is 1.29. The van der Waals surface area contributed by atoms with Gasteiger partial charge in [0.05, 0.1) is 5.69 Å². The van der Waals surface area contributed by atoms with Crippen LogP contribution in [0, 0.1) is 0 Å². The highest BCUT2D eigenvalue weighted by molar-refractivity contribution is 5.85. The average Bonchev–Trinajstić information content (AvgIpc) is 2.14. The Hall–Kier alpha value is -1.08. The van der Waals surface area contributed by atoms with E-state index in [-0.39, 0.29) is 24.8 Å². The molecule has 0 radical (unpaired) electrons. The van der Waals surface area contributed by atoms with Crippen LogP contribution in [0.5, 0.6) is 5.88 Å². The van der Waals surface area contributed by atoms with Crippen LogP contribution in [-0.2, 0) is 6.54 Å². The fourth-order valence-corrected chi connectivity index (χ4v) is 0.723. The van der Waals surface area contributed by atoms with Crippen LogP contribution >= 0.6 is 12.4 Å². The summed E-state index contributed by atoms with van der Waals surface area (Å²) < 4.78 is 39.6. The highest BCUT2D eigenvalue weighted by Crippen LogP contribution is 2.16. The van der Waals surface area contributed by atoms with Crippen molar-refractivity contribution in [2.24, 2.45) is 5.73 Å². The molecule has 8 heteroatoms. The van der Waals surface area contributed by atoms with Crippen LogP contribution < -0.4 is 10.5 Å². The number of hydrogen-bond acceptors (Lipinski definition) is 4. The van der Waals surface area contributed by atoms with Crippen molar-refractivity contribution in [1.29, 1.82) is 0 Å². The molecular formula is C7H9ClF3N3O. The van der Waals surface area contributed by atoms with Gasteiger partial charge in [-0.3, -0.25) is 0 Å². The van der Waals surface area contributed by atoms with Gasteiger partial charge in [-0.05, 0) is 0 Å². The zero-order valence-electron chi connectivity index (χ0n) is 7.49. The number of nitrogens with two attached hydrogens (primary N) is 1. The first-order valence-electron chi connectivity index (χ1n) is 3.72. The van der Waals surface area contributed by atoms with E-state index in [9.17, 15) is 13.2 Å².